The highest BCUT2D eigenvalue weighted by molar-refractivity contribution is 5.91. The van der Waals surface area contributed by atoms with Crippen molar-refractivity contribution in [1.82, 2.24) is 34.7 Å². The average molecular weight is 379 g/mol. The molecule has 1 aromatic carbocycles. The van der Waals surface area contributed by atoms with E-state index < -0.39 is 5.91 Å². The summed E-state index contributed by atoms with van der Waals surface area (Å²) in [5.41, 5.74) is 3.27. The molecule has 1 N–H and O–H groups in total. The molecule has 1 atom stereocenters. The van der Waals surface area contributed by atoms with Gasteiger partial charge in [-0.25, -0.2) is 18.6 Å². The minimum atomic E-state index is -0.397. The lowest BCUT2D eigenvalue weighted by Gasteiger charge is -2.13. The fourth-order valence-corrected chi connectivity index (χ4v) is 3.03. The highest BCUT2D eigenvalue weighted by atomic mass is 19.1. The van der Waals surface area contributed by atoms with E-state index >= 15 is 0 Å². The van der Waals surface area contributed by atoms with Gasteiger partial charge in [-0.15, -0.1) is 5.10 Å². The van der Waals surface area contributed by atoms with E-state index in [0.717, 1.165) is 22.6 Å². The van der Waals surface area contributed by atoms with Crippen LogP contribution in [-0.2, 0) is 0 Å². The Kier molecular flexibility index (Phi) is 4.34. The molecule has 4 rings (SSSR count). The standard InChI is InChI=1S/C19H18FN7O/c1-11-8-9-21-19-24-17(25-26(11)19)18(28)23-12(2)16-10-22-27(13(16)3)15-6-4-14(20)5-7-15/h4-10,12H,1-3H3,(H,23,28). The Morgan fingerprint density at radius 1 is 1.18 bits per heavy atom. The molecule has 0 aliphatic rings. The Bertz CT molecular complexity index is 1160. The first kappa shape index (κ1) is 17.8. The largest absolute Gasteiger partial charge is 0.343 e. The van der Waals surface area contributed by atoms with E-state index in [-0.39, 0.29) is 17.7 Å². The lowest BCUT2D eigenvalue weighted by Crippen LogP contribution is -2.28. The van der Waals surface area contributed by atoms with E-state index in [0.29, 0.717) is 5.78 Å². The van der Waals surface area contributed by atoms with Crippen LogP contribution in [-0.4, -0.2) is 35.3 Å². The molecule has 0 aliphatic carbocycles. The van der Waals surface area contributed by atoms with Crippen LogP contribution in [0.3, 0.4) is 0 Å². The van der Waals surface area contributed by atoms with Gasteiger partial charge in [0.05, 0.1) is 17.9 Å². The summed E-state index contributed by atoms with van der Waals surface area (Å²) in [5, 5.41) is 11.5. The lowest BCUT2D eigenvalue weighted by atomic mass is 10.1. The number of hydrogen-bond donors (Lipinski definition) is 1. The molecule has 0 aliphatic heterocycles. The molecule has 1 amide bonds. The van der Waals surface area contributed by atoms with Crippen molar-refractivity contribution in [3.8, 4) is 5.69 Å². The molecule has 0 saturated carbocycles. The maximum Gasteiger partial charge on any atom is 0.291 e. The van der Waals surface area contributed by atoms with Crippen LogP contribution in [0.5, 0.6) is 0 Å². The average Bonchev–Trinajstić information content (AvgIpc) is 3.27. The third-order valence-corrected chi connectivity index (χ3v) is 4.57. The number of benzene rings is 1. The zero-order valence-corrected chi connectivity index (χ0v) is 15.6. The lowest BCUT2D eigenvalue weighted by molar-refractivity contribution is 0.0929. The fraction of sp³-hybridized carbons (Fsp3) is 0.211. The van der Waals surface area contributed by atoms with E-state index in [1.165, 1.54) is 16.6 Å². The highest BCUT2D eigenvalue weighted by Crippen LogP contribution is 2.20. The van der Waals surface area contributed by atoms with Gasteiger partial charge in [0.15, 0.2) is 0 Å². The minimum Gasteiger partial charge on any atom is -0.343 e. The molecule has 0 radical (unpaired) electrons. The minimum absolute atomic E-state index is 0.0530. The van der Waals surface area contributed by atoms with Crippen LogP contribution in [0.2, 0.25) is 0 Å². The van der Waals surface area contributed by atoms with Gasteiger partial charge in [-0.2, -0.15) is 10.1 Å². The zero-order chi connectivity index (χ0) is 19.8. The second-order valence-corrected chi connectivity index (χ2v) is 6.50. The fourth-order valence-electron chi connectivity index (χ4n) is 3.03. The summed E-state index contributed by atoms with van der Waals surface area (Å²) in [7, 11) is 0. The van der Waals surface area contributed by atoms with Gasteiger partial charge in [0.2, 0.25) is 5.82 Å². The van der Waals surface area contributed by atoms with Crippen molar-refractivity contribution in [3.63, 3.8) is 0 Å². The van der Waals surface area contributed by atoms with Gasteiger partial charge in [-0.1, -0.05) is 0 Å². The molecule has 1 unspecified atom stereocenters. The van der Waals surface area contributed by atoms with E-state index in [4.69, 9.17) is 0 Å². The first-order chi connectivity index (χ1) is 13.4. The summed E-state index contributed by atoms with van der Waals surface area (Å²) >= 11 is 0. The number of halogens is 1. The molecule has 0 spiro atoms. The third kappa shape index (κ3) is 3.11. The van der Waals surface area contributed by atoms with Crippen molar-refractivity contribution in [3.05, 3.63) is 71.3 Å². The van der Waals surface area contributed by atoms with Crippen LogP contribution in [0.15, 0.2) is 42.7 Å². The van der Waals surface area contributed by atoms with Gasteiger partial charge in [0, 0.05) is 23.1 Å². The van der Waals surface area contributed by atoms with Crippen molar-refractivity contribution in [2.24, 2.45) is 0 Å². The molecular formula is C19H18FN7O. The van der Waals surface area contributed by atoms with E-state index in [1.54, 1.807) is 35.3 Å². The van der Waals surface area contributed by atoms with Crippen LogP contribution < -0.4 is 5.32 Å². The van der Waals surface area contributed by atoms with Crippen LogP contribution in [0.4, 0.5) is 4.39 Å². The van der Waals surface area contributed by atoms with Crippen LogP contribution in [0.25, 0.3) is 11.5 Å². The van der Waals surface area contributed by atoms with Crippen LogP contribution in [0, 0.1) is 19.7 Å². The maximum atomic E-state index is 13.1. The van der Waals surface area contributed by atoms with Gasteiger partial charge in [0.1, 0.15) is 5.82 Å². The molecule has 142 valence electrons. The number of nitrogens with one attached hydrogen (secondary N) is 1. The zero-order valence-electron chi connectivity index (χ0n) is 15.6. The van der Waals surface area contributed by atoms with Crippen molar-refractivity contribution in [1.29, 1.82) is 0 Å². The number of aryl methyl sites for hydroxylation is 1. The molecule has 8 nitrogen and oxygen atoms in total. The Labute approximate surface area is 160 Å². The Balaban J connectivity index is 1.56. The van der Waals surface area contributed by atoms with Gasteiger partial charge in [-0.05, 0) is 51.1 Å². The number of fused-ring (bicyclic) bond motifs is 1. The summed E-state index contributed by atoms with van der Waals surface area (Å²) in [6.07, 6.45) is 3.31. The predicted molar refractivity (Wildman–Crippen MR) is 99.7 cm³/mol. The van der Waals surface area contributed by atoms with Gasteiger partial charge < -0.3 is 5.32 Å². The normalized spacial score (nSPS) is 12.3. The van der Waals surface area contributed by atoms with E-state index in [1.807, 2.05) is 20.8 Å². The monoisotopic (exact) mass is 379 g/mol. The van der Waals surface area contributed by atoms with E-state index in [9.17, 15) is 9.18 Å². The second kappa shape index (κ2) is 6.84. The SMILES string of the molecule is Cc1c(C(C)NC(=O)c2nc3nccc(C)n3n2)cnn1-c1ccc(F)cc1. The number of carbonyl (C=O) groups excluding carboxylic acids is 1. The molecule has 0 saturated heterocycles. The highest BCUT2D eigenvalue weighted by Gasteiger charge is 2.20. The molecule has 28 heavy (non-hydrogen) atoms. The van der Waals surface area contributed by atoms with Crippen molar-refractivity contribution >= 4 is 11.7 Å². The summed E-state index contributed by atoms with van der Waals surface area (Å²) in [5.74, 6) is -0.277. The van der Waals surface area contributed by atoms with Gasteiger partial charge >= 0.3 is 0 Å². The molecule has 3 heterocycles. The third-order valence-electron chi connectivity index (χ3n) is 4.57. The number of aromatic nitrogens is 6. The van der Waals surface area contributed by atoms with Crippen LogP contribution >= 0.6 is 0 Å². The molecule has 4 aromatic rings. The Morgan fingerprint density at radius 3 is 2.64 bits per heavy atom. The topological polar surface area (TPSA) is 90.0 Å². The Hall–Kier alpha value is -3.62. The quantitative estimate of drug-likeness (QED) is 0.589. The predicted octanol–water partition coefficient (Wildman–Crippen LogP) is 2.56. The Morgan fingerprint density at radius 2 is 1.93 bits per heavy atom. The van der Waals surface area contributed by atoms with Crippen LogP contribution in [0.1, 0.15) is 40.5 Å². The molecular weight excluding hydrogens is 361 g/mol. The summed E-state index contributed by atoms with van der Waals surface area (Å²) in [6, 6.07) is 7.54. The summed E-state index contributed by atoms with van der Waals surface area (Å²) in [6.45, 7) is 5.61. The number of carbonyl (C=O) groups is 1. The number of hydrogen-bond acceptors (Lipinski definition) is 5. The number of amides is 1. The first-order valence-electron chi connectivity index (χ1n) is 8.74. The first-order valence-corrected chi connectivity index (χ1v) is 8.74. The van der Waals surface area contributed by atoms with Gasteiger partial charge in [-0.3, -0.25) is 4.79 Å². The summed E-state index contributed by atoms with van der Waals surface area (Å²) in [4.78, 5) is 20.9. The smallest absolute Gasteiger partial charge is 0.291 e. The maximum absolute atomic E-state index is 13.1. The molecule has 0 fully saturated rings. The number of rotatable bonds is 4. The molecule has 3 aromatic heterocycles. The second-order valence-electron chi connectivity index (χ2n) is 6.50. The summed E-state index contributed by atoms with van der Waals surface area (Å²) < 4.78 is 16.4. The van der Waals surface area contributed by atoms with E-state index in [2.05, 4.69) is 25.5 Å². The van der Waals surface area contributed by atoms with Crippen molar-refractivity contribution in [2.75, 3.05) is 0 Å². The molecule has 0 bridgehead atoms. The number of nitrogens with zero attached hydrogens (tertiary/aromatic N) is 6. The van der Waals surface area contributed by atoms with Crippen molar-refractivity contribution in [2.45, 2.75) is 26.8 Å². The van der Waals surface area contributed by atoms with Gasteiger partial charge in [0.25, 0.3) is 11.7 Å². The molecule has 9 heteroatoms. The van der Waals surface area contributed by atoms with Crippen molar-refractivity contribution < 1.29 is 9.18 Å².